The Bertz CT molecular complexity index is 963. The van der Waals surface area contributed by atoms with Crippen LogP contribution in [-0.4, -0.2) is 22.8 Å². The number of hydrogen-bond acceptors (Lipinski definition) is 3. The minimum atomic E-state index is -4.45. The van der Waals surface area contributed by atoms with Gasteiger partial charge in [-0.3, -0.25) is 4.79 Å². The van der Waals surface area contributed by atoms with E-state index in [-0.39, 0.29) is 11.3 Å². The molecule has 1 aromatic heterocycles. The number of anilines is 1. The molecule has 1 amide bonds. The molecule has 0 aliphatic rings. The standard InChI is InChI=1S/C19H16F3N3O2/c1-12-17(18(26)24-14-6-8-16(27-2)9-7-14)11-23-25(12)15-5-3-4-13(10-15)19(20,21)22/h3-11H,1-2H3,(H,24,26). The number of rotatable bonds is 4. The summed E-state index contributed by atoms with van der Waals surface area (Å²) >= 11 is 0. The molecule has 0 spiro atoms. The summed E-state index contributed by atoms with van der Waals surface area (Å²) in [4.78, 5) is 12.5. The van der Waals surface area contributed by atoms with Gasteiger partial charge in [-0.15, -0.1) is 0 Å². The first-order chi connectivity index (χ1) is 12.8. The zero-order valence-corrected chi connectivity index (χ0v) is 14.5. The SMILES string of the molecule is COc1ccc(NC(=O)c2cnn(-c3cccc(C(F)(F)F)c3)c2C)cc1. The first-order valence-electron chi connectivity index (χ1n) is 7.97. The van der Waals surface area contributed by atoms with Crippen LogP contribution < -0.4 is 10.1 Å². The molecule has 1 heterocycles. The highest BCUT2D eigenvalue weighted by Crippen LogP contribution is 2.30. The predicted octanol–water partition coefficient (Wildman–Crippen LogP) is 4.46. The number of carbonyl (C=O) groups excluding carboxylic acids is 1. The Morgan fingerprint density at radius 1 is 1.15 bits per heavy atom. The molecule has 0 unspecified atom stereocenters. The summed E-state index contributed by atoms with van der Waals surface area (Å²) < 4.78 is 45.1. The van der Waals surface area contributed by atoms with E-state index in [4.69, 9.17) is 4.74 Å². The molecule has 0 aliphatic carbocycles. The van der Waals surface area contributed by atoms with Gasteiger partial charge in [-0.1, -0.05) is 6.07 Å². The largest absolute Gasteiger partial charge is 0.497 e. The molecular formula is C19H16F3N3O2. The third-order valence-corrected chi connectivity index (χ3v) is 4.02. The molecule has 0 saturated carbocycles. The maximum atomic E-state index is 12.9. The highest BCUT2D eigenvalue weighted by atomic mass is 19.4. The number of halogens is 3. The molecule has 3 rings (SSSR count). The Morgan fingerprint density at radius 2 is 1.85 bits per heavy atom. The van der Waals surface area contributed by atoms with E-state index in [0.717, 1.165) is 12.1 Å². The number of benzene rings is 2. The van der Waals surface area contributed by atoms with Crippen molar-refractivity contribution in [1.29, 1.82) is 0 Å². The second kappa shape index (κ2) is 7.14. The van der Waals surface area contributed by atoms with E-state index in [1.165, 1.54) is 23.0 Å². The number of hydrogen-bond donors (Lipinski definition) is 1. The minimum absolute atomic E-state index is 0.228. The van der Waals surface area contributed by atoms with Crippen LogP contribution in [0.3, 0.4) is 0 Å². The third kappa shape index (κ3) is 3.94. The van der Waals surface area contributed by atoms with Crippen LogP contribution in [0.5, 0.6) is 5.75 Å². The molecule has 1 N–H and O–H groups in total. The van der Waals surface area contributed by atoms with Gasteiger partial charge in [0.15, 0.2) is 0 Å². The summed E-state index contributed by atoms with van der Waals surface area (Å²) in [5.74, 6) is 0.248. The van der Waals surface area contributed by atoms with E-state index in [1.807, 2.05) is 0 Å². The fourth-order valence-corrected chi connectivity index (χ4v) is 2.58. The van der Waals surface area contributed by atoms with Crippen LogP contribution in [0.15, 0.2) is 54.7 Å². The Balaban J connectivity index is 1.85. The van der Waals surface area contributed by atoms with Gasteiger partial charge in [-0.05, 0) is 49.4 Å². The molecule has 5 nitrogen and oxygen atoms in total. The van der Waals surface area contributed by atoms with Crippen LogP contribution in [0.2, 0.25) is 0 Å². The van der Waals surface area contributed by atoms with Crippen LogP contribution >= 0.6 is 0 Å². The lowest BCUT2D eigenvalue weighted by molar-refractivity contribution is -0.137. The van der Waals surface area contributed by atoms with Crippen molar-refractivity contribution >= 4 is 11.6 Å². The van der Waals surface area contributed by atoms with Crippen LogP contribution in [0.1, 0.15) is 21.6 Å². The van der Waals surface area contributed by atoms with Gasteiger partial charge in [0.2, 0.25) is 0 Å². The van der Waals surface area contributed by atoms with Crippen LogP contribution in [0.4, 0.5) is 18.9 Å². The lowest BCUT2D eigenvalue weighted by atomic mass is 10.2. The summed E-state index contributed by atoms with van der Waals surface area (Å²) in [7, 11) is 1.54. The molecule has 0 radical (unpaired) electrons. The molecule has 3 aromatic rings. The Kier molecular flexibility index (Phi) is 4.89. The molecule has 27 heavy (non-hydrogen) atoms. The summed E-state index contributed by atoms with van der Waals surface area (Å²) in [5.41, 5.74) is 0.709. The first-order valence-corrected chi connectivity index (χ1v) is 7.97. The summed E-state index contributed by atoms with van der Waals surface area (Å²) in [6, 6.07) is 11.6. The Morgan fingerprint density at radius 3 is 2.48 bits per heavy atom. The van der Waals surface area contributed by atoms with E-state index in [0.29, 0.717) is 17.1 Å². The quantitative estimate of drug-likeness (QED) is 0.733. The lowest BCUT2D eigenvalue weighted by Crippen LogP contribution is -2.13. The Hall–Kier alpha value is -3.29. The summed E-state index contributed by atoms with van der Waals surface area (Å²) in [5, 5.41) is 6.79. The third-order valence-electron chi connectivity index (χ3n) is 4.02. The van der Waals surface area contributed by atoms with Crippen molar-refractivity contribution in [3.05, 3.63) is 71.5 Å². The van der Waals surface area contributed by atoms with Crippen molar-refractivity contribution < 1.29 is 22.7 Å². The monoisotopic (exact) mass is 375 g/mol. The molecule has 0 aliphatic heterocycles. The van der Waals surface area contributed by atoms with Crippen molar-refractivity contribution in [2.24, 2.45) is 0 Å². The second-order valence-electron chi connectivity index (χ2n) is 5.79. The van der Waals surface area contributed by atoms with Crippen LogP contribution in [0, 0.1) is 6.92 Å². The molecule has 0 fully saturated rings. The number of nitrogens with one attached hydrogen (secondary N) is 1. The maximum absolute atomic E-state index is 12.9. The fourth-order valence-electron chi connectivity index (χ4n) is 2.58. The van der Waals surface area contributed by atoms with E-state index in [2.05, 4.69) is 10.4 Å². The number of ether oxygens (including phenoxy) is 1. The Labute approximate surface area is 153 Å². The smallest absolute Gasteiger partial charge is 0.416 e. The molecule has 0 atom stereocenters. The number of methoxy groups -OCH3 is 1. The fraction of sp³-hybridized carbons (Fsp3) is 0.158. The van der Waals surface area contributed by atoms with E-state index >= 15 is 0 Å². The molecule has 0 saturated heterocycles. The van der Waals surface area contributed by atoms with Gasteiger partial charge in [0, 0.05) is 5.69 Å². The zero-order chi connectivity index (χ0) is 19.6. The first kappa shape index (κ1) is 18.5. The predicted molar refractivity (Wildman–Crippen MR) is 94.3 cm³/mol. The van der Waals surface area contributed by atoms with Gasteiger partial charge in [-0.2, -0.15) is 18.3 Å². The molecule has 2 aromatic carbocycles. The highest BCUT2D eigenvalue weighted by Gasteiger charge is 2.30. The van der Waals surface area contributed by atoms with E-state index in [9.17, 15) is 18.0 Å². The van der Waals surface area contributed by atoms with Gasteiger partial charge < -0.3 is 10.1 Å². The van der Waals surface area contributed by atoms with Crippen molar-refractivity contribution in [2.75, 3.05) is 12.4 Å². The maximum Gasteiger partial charge on any atom is 0.416 e. The summed E-state index contributed by atoms with van der Waals surface area (Å²) in [6.07, 6.45) is -3.12. The molecular weight excluding hydrogens is 359 g/mol. The van der Waals surface area contributed by atoms with Gasteiger partial charge in [0.25, 0.3) is 5.91 Å². The van der Waals surface area contributed by atoms with Crippen LogP contribution in [0.25, 0.3) is 5.69 Å². The number of nitrogens with zero attached hydrogens (tertiary/aromatic N) is 2. The number of alkyl halides is 3. The number of amides is 1. The van der Waals surface area contributed by atoms with E-state index < -0.39 is 17.6 Å². The second-order valence-corrected chi connectivity index (χ2v) is 5.79. The van der Waals surface area contributed by atoms with E-state index in [1.54, 1.807) is 38.3 Å². The van der Waals surface area contributed by atoms with Gasteiger partial charge in [-0.25, -0.2) is 4.68 Å². The van der Waals surface area contributed by atoms with Gasteiger partial charge in [0.1, 0.15) is 5.75 Å². The average Bonchev–Trinajstić information content (AvgIpc) is 3.03. The number of aromatic nitrogens is 2. The van der Waals surface area contributed by atoms with Crippen molar-refractivity contribution in [2.45, 2.75) is 13.1 Å². The summed E-state index contributed by atoms with van der Waals surface area (Å²) in [6.45, 7) is 1.62. The van der Waals surface area contributed by atoms with Gasteiger partial charge in [0.05, 0.1) is 35.8 Å². The highest BCUT2D eigenvalue weighted by molar-refractivity contribution is 6.05. The average molecular weight is 375 g/mol. The van der Waals surface area contributed by atoms with Crippen molar-refractivity contribution in [3.8, 4) is 11.4 Å². The van der Waals surface area contributed by atoms with Crippen LogP contribution in [-0.2, 0) is 6.18 Å². The molecule has 140 valence electrons. The minimum Gasteiger partial charge on any atom is -0.497 e. The zero-order valence-electron chi connectivity index (χ0n) is 14.5. The molecule has 8 heteroatoms. The normalized spacial score (nSPS) is 11.3. The lowest BCUT2D eigenvalue weighted by Gasteiger charge is -2.10. The van der Waals surface area contributed by atoms with Crippen molar-refractivity contribution in [3.63, 3.8) is 0 Å². The number of carbonyl (C=O) groups is 1. The topological polar surface area (TPSA) is 56.1 Å². The molecule has 0 bridgehead atoms. The van der Waals surface area contributed by atoms with Gasteiger partial charge >= 0.3 is 6.18 Å². The van der Waals surface area contributed by atoms with Crippen molar-refractivity contribution in [1.82, 2.24) is 9.78 Å².